The lowest BCUT2D eigenvalue weighted by Gasteiger charge is -2.17. The molecule has 1 aliphatic rings. The second-order valence-corrected chi connectivity index (χ2v) is 9.17. The molecule has 0 aliphatic heterocycles. The smallest absolute Gasteiger partial charge is 0.418 e. The third-order valence-electron chi connectivity index (χ3n) is 4.78. The quantitative estimate of drug-likeness (QED) is 0.602. The molecule has 1 unspecified atom stereocenters. The fourth-order valence-corrected chi connectivity index (χ4v) is 4.16. The number of benzene rings is 2. The zero-order chi connectivity index (χ0) is 23.7. The topological polar surface area (TPSA) is 102 Å². The molecule has 2 aromatic carbocycles. The Morgan fingerprint density at radius 1 is 1.12 bits per heavy atom. The largest absolute Gasteiger partial charge is 0.449 e. The Labute approximate surface area is 183 Å². The lowest BCUT2D eigenvalue weighted by atomic mass is 10.1. The van der Waals surface area contributed by atoms with Crippen LogP contribution in [0.15, 0.2) is 47.4 Å². The summed E-state index contributed by atoms with van der Waals surface area (Å²) in [5.41, 5.74) is -1.17. The summed E-state index contributed by atoms with van der Waals surface area (Å²) in [7, 11) is -3.82. The zero-order valence-corrected chi connectivity index (χ0v) is 18.0. The van der Waals surface area contributed by atoms with Crippen molar-refractivity contribution < 1.29 is 35.9 Å². The highest BCUT2D eigenvalue weighted by Crippen LogP contribution is 2.34. The minimum atomic E-state index is -4.68. The normalized spacial score (nSPS) is 15.2. The van der Waals surface area contributed by atoms with Crippen LogP contribution in [-0.2, 0) is 25.7 Å². The maximum atomic E-state index is 13.1. The van der Waals surface area contributed by atoms with Gasteiger partial charge in [0, 0.05) is 6.04 Å². The van der Waals surface area contributed by atoms with Gasteiger partial charge < -0.3 is 10.1 Å². The van der Waals surface area contributed by atoms with Gasteiger partial charge in [-0.25, -0.2) is 17.9 Å². The Morgan fingerprint density at radius 3 is 2.41 bits per heavy atom. The summed E-state index contributed by atoms with van der Waals surface area (Å²) in [4.78, 5) is 24.8. The number of sulfonamides is 1. The number of carbonyl (C=O) groups is 2. The molecule has 11 heteroatoms. The number of carbonyl (C=O) groups excluding carboxylic acids is 2. The maximum Gasteiger partial charge on any atom is 0.418 e. The number of para-hydroxylation sites is 1. The van der Waals surface area contributed by atoms with E-state index in [1.807, 2.05) is 0 Å². The van der Waals surface area contributed by atoms with E-state index >= 15 is 0 Å². The number of aryl methyl sites for hydroxylation is 1. The summed E-state index contributed by atoms with van der Waals surface area (Å²) in [6.45, 7) is 2.76. The SMILES string of the molecule is Cc1ccc(S(=O)(=O)NC2CC2)cc1C(=O)OC(C)C(=O)Nc1ccccc1C(F)(F)F. The zero-order valence-electron chi connectivity index (χ0n) is 17.2. The van der Waals surface area contributed by atoms with Crippen LogP contribution in [0, 0.1) is 6.92 Å². The number of esters is 1. The highest BCUT2D eigenvalue weighted by Gasteiger charge is 2.34. The number of nitrogens with one attached hydrogen (secondary N) is 2. The molecular weight excluding hydrogens is 449 g/mol. The van der Waals surface area contributed by atoms with Crippen molar-refractivity contribution in [2.75, 3.05) is 5.32 Å². The van der Waals surface area contributed by atoms with Gasteiger partial charge in [0.15, 0.2) is 6.10 Å². The molecular formula is C21H21F3N2O5S. The summed E-state index contributed by atoms with van der Waals surface area (Å²) in [5, 5.41) is 2.11. The number of halogens is 3. The van der Waals surface area contributed by atoms with Crippen molar-refractivity contribution >= 4 is 27.6 Å². The molecule has 2 N–H and O–H groups in total. The molecule has 0 bridgehead atoms. The number of alkyl halides is 3. The van der Waals surface area contributed by atoms with Crippen molar-refractivity contribution in [1.82, 2.24) is 4.72 Å². The molecule has 32 heavy (non-hydrogen) atoms. The summed E-state index contributed by atoms with van der Waals surface area (Å²) >= 11 is 0. The minimum Gasteiger partial charge on any atom is -0.449 e. The Hall–Kier alpha value is -2.92. The molecule has 3 rings (SSSR count). The summed E-state index contributed by atoms with van der Waals surface area (Å²) < 4.78 is 71.7. The molecule has 0 saturated heterocycles. The molecule has 1 saturated carbocycles. The van der Waals surface area contributed by atoms with Crippen LogP contribution in [0.5, 0.6) is 0 Å². The van der Waals surface area contributed by atoms with Crippen LogP contribution >= 0.6 is 0 Å². The predicted molar refractivity (Wildman–Crippen MR) is 109 cm³/mol. The van der Waals surface area contributed by atoms with Gasteiger partial charge >= 0.3 is 12.1 Å². The number of hydrogen-bond acceptors (Lipinski definition) is 5. The van der Waals surface area contributed by atoms with Crippen LogP contribution in [0.3, 0.4) is 0 Å². The van der Waals surface area contributed by atoms with E-state index in [-0.39, 0.29) is 16.5 Å². The number of amides is 1. The highest BCUT2D eigenvalue weighted by molar-refractivity contribution is 7.89. The average Bonchev–Trinajstić information content (AvgIpc) is 3.50. The van der Waals surface area contributed by atoms with Gasteiger partial charge in [-0.15, -0.1) is 0 Å². The van der Waals surface area contributed by atoms with Gasteiger partial charge in [-0.2, -0.15) is 13.2 Å². The summed E-state index contributed by atoms with van der Waals surface area (Å²) in [6, 6.07) is 8.21. The Bertz CT molecular complexity index is 1140. The van der Waals surface area contributed by atoms with Gasteiger partial charge in [-0.3, -0.25) is 4.79 Å². The van der Waals surface area contributed by atoms with E-state index in [4.69, 9.17) is 4.74 Å². The molecule has 1 aliphatic carbocycles. The molecule has 1 fully saturated rings. The van der Waals surface area contributed by atoms with Gasteiger partial charge in [0.25, 0.3) is 5.91 Å². The highest BCUT2D eigenvalue weighted by atomic mass is 32.2. The van der Waals surface area contributed by atoms with Crippen molar-refractivity contribution in [3.8, 4) is 0 Å². The van der Waals surface area contributed by atoms with Gasteiger partial charge in [-0.05, 0) is 56.5 Å². The van der Waals surface area contributed by atoms with Crippen molar-refractivity contribution in [3.63, 3.8) is 0 Å². The maximum absolute atomic E-state index is 13.1. The van der Waals surface area contributed by atoms with E-state index in [0.29, 0.717) is 5.56 Å². The van der Waals surface area contributed by atoms with Crippen LogP contribution in [0.4, 0.5) is 18.9 Å². The van der Waals surface area contributed by atoms with E-state index in [0.717, 1.165) is 31.0 Å². The first-order chi connectivity index (χ1) is 14.9. The third-order valence-corrected chi connectivity index (χ3v) is 6.30. The van der Waals surface area contributed by atoms with Gasteiger partial charge in [0.05, 0.1) is 21.7 Å². The summed E-state index contributed by atoms with van der Waals surface area (Å²) in [5.74, 6) is -1.94. The standard InChI is InChI=1S/C21H21F3N2O5S/c1-12-7-10-15(32(29,30)26-14-8-9-14)11-16(12)20(28)31-13(2)19(27)25-18-6-4-3-5-17(18)21(22,23)24/h3-7,10-11,13-14,26H,8-9H2,1-2H3,(H,25,27). The predicted octanol–water partition coefficient (Wildman–Crippen LogP) is 3.64. The first kappa shape index (κ1) is 23.7. The Kier molecular flexibility index (Phi) is 6.61. The average molecular weight is 470 g/mol. The fraction of sp³-hybridized carbons (Fsp3) is 0.333. The van der Waals surface area contributed by atoms with Gasteiger partial charge in [0.2, 0.25) is 10.0 Å². The fourth-order valence-electron chi connectivity index (χ4n) is 2.83. The van der Waals surface area contributed by atoms with Gasteiger partial charge in [0.1, 0.15) is 0 Å². The number of rotatable bonds is 7. The molecule has 0 heterocycles. The molecule has 1 amide bonds. The second-order valence-electron chi connectivity index (χ2n) is 7.45. The molecule has 7 nitrogen and oxygen atoms in total. The van der Waals surface area contributed by atoms with Crippen LogP contribution in [-0.4, -0.2) is 32.4 Å². The monoisotopic (exact) mass is 470 g/mol. The van der Waals surface area contributed by atoms with Crippen molar-refractivity contribution in [2.45, 2.75) is 49.9 Å². The molecule has 0 aromatic heterocycles. The number of hydrogen-bond donors (Lipinski definition) is 2. The van der Waals surface area contributed by atoms with E-state index in [1.54, 1.807) is 6.92 Å². The third kappa shape index (κ3) is 5.65. The first-order valence-electron chi connectivity index (χ1n) is 9.69. The Morgan fingerprint density at radius 2 is 1.78 bits per heavy atom. The van der Waals surface area contributed by atoms with E-state index in [9.17, 15) is 31.2 Å². The number of ether oxygens (including phenoxy) is 1. The van der Waals surface area contributed by atoms with Crippen LogP contribution < -0.4 is 10.0 Å². The first-order valence-corrected chi connectivity index (χ1v) is 11.2. The van der Waals surface area contributed by atoms with Crippen LogP contribution in [0.2, 0.25) is 0 Å². The molecule has 2 aromatic rings. The lowest BCUT2D eigenvalue weighted by molar-refractivity contribution is -0.137. The van der Waals surface area contributed by atoms with Crippen molar-refractivity contribution in [2.24, 2.45) is 0 Å². The summed E-state index contributed by atoms with van der Waals surface area (Å²) in [6.07, 6.45) is -4.64. The molecule has 0 spiro atoms. The molecule has 1 atom stereocenters. The van der Waals surface area contributed by atoms with E-state index in [2.05, 4.69) is 10.0 Å². The van der Waals surface area contributed by atoms with Gasteiger partial charge in [-0.1, -0.05) is 18.2 Å². The molecule has 0 radical (unpaired) electrons. The molecule has 172 valence electrons. The van der Waals surface area contributed by atoms with Crippen LogP contribution in [0.1, 0.15) is 41.3 Å². The van der Waals surface area contributed by atoms with Crippen LogP contribution in [0.25, 0.3) is 0 Å². The van der Waals surface area contributed by atoms with E-state index in [1.165, 1.54) is 31.2 Å². The minimum absolute atomic E-state index is 0.0704. The van der Waals surface area contributed by atoms with Crippen molar-refractivity contribution in [1.29, 1.82) is 0 Å². The second kappa shape index (κ2) is 8.91. The number of anilines is 1. The van der Waals surface area contributed by atoms with Crippen molar-refractivity contribution in [3.05, 3.63) is 59.2 Å². The Balaban J connectivity index is 1.73. The lowest BCUT2D eigenvalue weighted by Crippen LogP contribution is -2.31. The van der Waals surface area contributed by atoms with E-state index < -0.39 is 45.4 Å².